The number of amides is 1. The first-order chi connectivity index (χ1) is 8.27. The number of piperazine rings is 2. The van der Waals surface area contributed by atoms with Crippen LogP contribution >= 0.6 is 0 Å². The van der Waals surface area contributed by atoms with Crippen molar-refractivity contribution in [3.63, 3.8) is 0 Å². The van der Waals surface area contributed by atoms with Gasteiger partial charge in [0.2, 0.25) is 5.91 Å². The van der Waals surface area contributed by atoms with Gasteiger partial charge >= 0.3 is 0 Å². The average molecular weight is 240 g/mol. The molecule has 17 heavy (non-hydrogen) atoms. The van der Waals surface area contributed by atoms with Crippen molar-refractivity contribution in [2.75, 3.05) is 58.9 Å². The van der Waals surface area contributed by atoms with Crippen LogP contribution in [0.4, 0.5) is 0 Å². The summed E-state index contributed by atoms with van der Waals surface area (Å²) in [4.78, 5) is 16.6. The molecule has 0 radical (unpaired) electrons. The highest BCUT2D eigenvalue weighted by Crippen LogP contribution is 2.07. The molecule has 0 aromatic carbocycles. The number of rotatable bonds is 3. The number of hydrogen-bond donors (Lipinski definition) is 2. The highest BCUT2D eigenvalue weighted by Gasteiger charge is 2.24. The Morgan fingerprint density at radius 2 is 1.59 bits per heavy atom. The number of carbonyl (C=O) groups excluding carboxylic acids is 1. The lowest BCUT2D eigenvalue weighted by atomic mass is 10.1. The van der Waals surface area contributed by atoms with E-state index < -0.39 is 0 Å². The van der Waals surface area contributed by atoms with E-state index in [1.165, 1.54) is 0 Å². The molecule has 0 aromatic heterocycles. The summed E-state index contributed by atoms with van der Waals surface area (Å²) in [7, 11) is 0. The molecule has 2 saturated heterocycles. The number of hydrogen-bond acceptors (Lipinski definition) is 4. The van der Waals surface area contributed by atoms with E-state index in [1.54, 1.807) is 0 Å². The topological polar surface area (TPSA) is 47.6 Å². The van der Waals surface area contributed by atoms with Crippen molar-refractivity contribution in [2.24, 2.45) is 5.92 Å². The summed E-state index contributed by atoms with van der Waals surface area (Å²) >= 11 is 0. The van der Waals surface area contributed by atoms with E-state index in [4.69, 9.17) is 0 Å². The monoisotopic (exact) mass is 240 g/mol. The van der Waals surface area contributed by atoms with Gasteiger partial charge in [-0.1, -0.05) is 6.92 Å². The molecule has 0 spiro atoms. The lowest BCUT2D eigenvalue weighted by Crippen LogP contribution is -2.51. The first kappa shape index (κ1) is 12.8. The Bertz CT molecular complexity index is 247. The van der Waals surface area contributed by atoms with Crippen molar-refractivity contribution in [1.29, 1.82) is 0 Å². The molecule has 2 rings (SSSR count). The van der Waals surface area contributed by atoms with Crippen LogP contribution in [0.3, 0.4) is 0 Å². The molecule has 2 heterocycles. The smallest absolute Gasteiger partial charge is 0.226 e. The number of carbonyl (C=O) groups is 1. The largest absolute Gasteiger partial charge is 0.340 e. The van der Waals surface area contributed by atoms with Crippen LogP contribution in [0.25, 0.3) is 0 Å². The van der Waals surface area contributed by atoms with Gasteiger partial charge < -0.3 is 20.4 Å². The zero-order valence-electron chi connectivity index (χ0n) is 10.7. The molecule has 0 saturated carbocycles. The third kappa shape index (κ3) is 3.66. The van der Waals surface area contributed by atoms with Gasteiger partial charge in [-0.05, 0) is 0 Å². The summed E-state index contributed by atoms with van der Waals surface area (Å²) in [5.41, 5.74) is 0. The standard InChI is InChI=1S/C12H24N4O/c1-11(10-15-6-2-13-3-7-15)12(17)16-8-4-14-5-9-16/h11,13-14H,2-10H2,1H3. The van der Waals surface area contributed by atoms with Gasteiger partial charge in [-0.15, -0.1) is 0 Å². The zero-order chi connectivity index (χ0) is 12.1. The molecule has 0 bridgehead atoms. The molecule has 5 nitrogen and oxygen atoms in total. The molecule has 2 aliphatic rings. The van der Waals surface area contributed by atoms with E-state index in [1.807, 2.05) is 4.90 Å². The van der Waals surface area contributed by atoms with Crippen molar-refractivity contribution in [3.8, 4) is 0 Å². The summed E-state index contributed by atoms with van der Waals surface area (Å²) in [6, 6.07) is 0. The van der Waals surface area contributed by atoms with E-state index in [0.717, 1.165) is 58.9 Å². The molecule has 1 amide bonds. The Morgan fingerprint density at radius 3 is 2.18 bits per heavy atom. The molecular formula is C12H24N4O. The van der Waals surface area contributed by atoms with E-state index in [2.05, 4.69) is 22.5 Å². The SMILES string of the molecule is CC(CN1CCNCC1)C(=O)N1CCNCC1. The second-order valence-electron chi connectivity index (χ2n) is 5.03. The fourth-order valence-corrected chi connectivity index (χ4v) is 2.56. The van der Waals surface area contributed by atoms with Crippen molar-refractivity contribution in [3.05, 3.63) is 0 Å². The van der Waals surface area contributed by atoms with Crippen molar-refractivity contribution in [2.45, 2.75) is 6.92 Å². The van der Waals surface area contributed by atoms with Crippen LogP contribution in [0.5, 0.6) is 0 Å². The van der Waals surface area contributed by atoms with E-state index in [9.17, 15) is 4.79 Å². The van der Waals surface area contributed by atoms with Crippen LogP contribution in [-0.4, -0.2) is 74.6 Å². The first-order valence-electron chi connectivity index (χ1n) is 6.70. The minimum Gasteiger partial charge on any atom is -0.340 e. The first-order valence-corrected chi connectivity index (χ1v) is 6.70. The predicted molar refractivity (Wildman–Crippen MR) is 67.9 cm³/mol. The van der Waals surface area contributed by atoms with Crippen LogP contribution < -0.4 is 10.6 Å². The summed E-state index contributed by atoms with van der Waals surface area (Å²) in [6.07, 6.45) is 0. The van der Waals surface area contributed by atoms with Gasteiger partial charge in [-0.25, -0.2) is 0 Å². The molecule has 1 atom stereocenters. The molecule has 2 fully saturated rings. The van der Waals surface area contributed by atoms with E-state index in [-0.39, 0.29) is 5.92 Å². The highest BCUT2D eigenvalue weighted by molar-refractivity contribution is 5.78. The van der Waals surface area contributed by atoms with Crippen LogP contribution in [0, 0.1) is 5.92 Å². The molecule has 98 valence electrons. The fraction of sp³-hybridized carbons (Fsp3) is 0.917. The molecular weight excluding hydrogens is 216 g/mol. The number of nitrogens with zero attached hydrogens (tertiary/aromatic N) is 2. The average Bonchev–Trinajstić information content (AvgIpc) is 2.40. The third-order valence-electron chi connectivity index (χ3n) is 3.59. The van der Waals surface area contributed by atoms with Crippen LogP contribution in [0.1, 0.15) is 6.92 Å². The van der Waals surface area contributed by atoms with Gasteiger partial charge in [0.15, 0.2) is 0 Å². The Labute approximate surface area is 104 Å². The van der Waals surface area contributed by atoms with Crippen LogP contribution in [0.2, 0.25) is 0 Å². The Morgan fingerprint density at radius 1 is 1.06 bits per heavy atom. The zero-order valence-corrected chi connectivity index (χ0v) is 10.7. The summed E-state index contributed by atoms with van der Waals surface area (Å²) in [5, 5.41) is 6.61. The molecule has 5 heteroatoms. The Kier molecular flexibility index (Phi) is 4.76. The van der Waals surface area contributed by atoms with Gasteiger partial charge in [0.1, 0.15) is 0 Å². The molecule has 0 aliphatic carbocycles. The molecule has 1 unspecified atom stereocenters. The Balaban J connectivity index is 1.77. The van der Waals surface area contributed by atoms with Crippen LogP contribution in [-0.2, 0) is 4.79 Å². The summed E-state index contributed by atoms with van der Waals surface area (Å²) in [6.45, 7) is 10.8. The minimum absolute atomic E-state index is 0.131. The molecule has 2 N–H and O–H groups in total. The van der Waals surface area contributed by atoms with Gasteiger partial charge in [-0.2, -0.15) is 0 Å². The highest BCUT2D eigenvalue weighted by atomic mass is 16.2. The predicted octanol–water partition coefficient (Wildman–Crippen LogP) is -1.04. The lowest BCUT2D eigenvalue weighted by molar-refractivity contribution is -0.136. The van der Waals surface area contributed by atoms with Gasteiger partial charge in [0, 0.05) is 64.8 Å². The second kappa shape index (κ2) is 6.33. The van der Waals surface area contributed by atoms with E-state index in [0.29, 0.717) is 5.91 Å². The van der Waals surface area contributed by atoms with Crippen LogP contribution in [0.15, 0.2) is 0 Å². The Hall–Kier alpha value is -0.650. The second-order valence-corrected chi connectivity index (χ2v) is 5.03. The van der Waals surface area contributed by atoms with Gasteiger partial charge in [0.25, 0.3) is 0 Å². The molecule has 0 aromatic rings. The van der Waals surface area contributed by atoms with Gasteiger partial charge in [0.05, 0.1) is 0 Å². The number of nitrogens with one attached hydrogen (secondary N) is 2. The quantitative estimate of drug-likeness (QED) is 0.661. The normalized spacial score (nSPS) is 24.6. The van der Waals surface area contributed by atoms with Crippen molar-refractivity contribution >= 4 is 5.91 Å². The lowest BCUT2D eigenvalue weighted by Gasteiger charge is -2.33. The fourth-order valence-electron chi connectivity index (χ4n) is 2.56. The minimum atomic E-state index is 0.131. The van der Waals surface area contributed by atoms with Crippen molar-refractivity contribution < 1.29 is 4.79 Å². The maximum absolute atomic E-state index is 12.2. The third-order valence-corrected chi connectivity index (χ3v) is 3.59. The maximum Gasteiger partial charge on any atom is 0.226 e. The maximum atomic E-state index is 12.2. The summed E-state index contributed by atoms with van der Waals surface area (Å²) < 4.78 is 0. The van der Waals surface area contributed by atoms with E-state index >= 15 is 0 Å². The molecule has 2 aliphatic heterocycles. The summed E-state index contributed by atoms with van der Waals surface area (Å²) in [5.74, 6) is 0.455. The van der Waals surface area contributed by atoms with Crippen molar-refractivity contribution in [1.82, 2.24) is 20.4 Å². The van der Waals surface area contributed by atoms with Gasteiger partial charge in [-0.3, -0.25) is 4.79 Å².